The Kier molecular flexibility index (Phi) is 5.31. The third kappa shape index (κ3) is 4.20. The van der Waals surface area contributed by atoms with Crippen LogP contribution >= 0.6 is 34.3 Å². The fourth-order valence-corrected chi connectivity index (χ4v) is 5.39. The molecule has 3 aromatic rings. The second kappa shape index (κ2) is 7.28. The molecule has 4 nitrogen and oxygen atoms in total. The summed E-state index contributed by atoms with van der Waals surface area (Å²) in [5.41, 5.74) is 1.62. The topological polar surface area (TPSA) is 59.1 Å². The highest BCUT2D eigenvalue weighted by Crippen LogP contribution is 2.26. The normalized spacial score (nSPS) is 11.8. The van der Waals surface area contributed by atoms with Crippen molar-refractivity contribution in [3.05, 3.63) is 57.6 Å². The van der Waals surface area contributed by atoms with E-state index in [0.29, 0.717) is 10.8 Å². The van der Waals surface area contributed by atoms with Crippen molar-refractivity contribution >= 4 is 44.3 Å². The standard InChI is InChI=1S/C15H12ClFN2O2S3/c16-13-5-6-14(23-13)24(20,21)18-8-7-12-9-22-15(19-12)10-1-3-11(17)4-2-10/h1-6,9,18H,7-8H2. The first-order chi connectivity index (χ1) is 11.4. The van der Waals surface area contributed by atoms with Gasteiger partial charge in [-0.1, -0.05) is 11.6 Å². The molecule has 0 saturated carbocycles. The van der Waals surface area contributed by atoms with Crippen molar-refractivity contribution in [3.63, 3.8) is 0 Å². The molecule has 1 aromatic carbocycles. The van der Waals surface area contributed by atoms with Gasteiger partial charge in [-0.3, -0.25) is 0 Å². The van der Waals surface area contributed by atoms with Crippen LogP contribution in [0.25, 0.3) is 10.6 Å². The highest BCUT2D eigenvalue weighted by molar-refractivity contribution is 7.91. The number of nitrogens with zero attached hydrogens (tertiary/aromatic N) is 1. The van der Waals surface area contributed by atoms with Crippen LogP contribution in [0.2, 0.25) is 4.34 Å². The van der Waals surface area contributed by atoms with Crippen molar-refractivity contribution in [2.45, 2.75) is 10.6 Å². The molecule has 0 aliphatic carbocycles. The zero-order valence-electron chi connectivity index (χ0n) is 12.2. The summed E-state index contributed by atoms with van der Waals surface area (Å²) < 4.78 is 40.3. The van der Waals surface area contributed by atoms with Crippen LogP contribution < -0.4 is 4.72 Å². The number of sulfonamides is 1. The van der Waals surface area contributed by atoms with E-state index >= 15 is 0 Å². The largest absolute Gasteiger partial charge is 0.250 e. The van der Waals surface area contributed by atoms with Crippen molar-refractivity contribution in [1.82, 2.24) is 9.71 Å². The first-order valence-corrected chi connectivity index (χ1v) is 10.4. The summed E-state index contributed by atoms with van der Waals surface area (Å²) in [6.07, 6.45) is 0.468. The van der Waals surface area contributed by atoms with Crippen molar-refractivity contribution in [1.29, 1.82) is 0 Å². The number of rotatable bonds is 6. The van der Waals surface area contributed by atoms with Crippen LogP contribution in [0.15, 0.2) is 46.0 Å². The molecule has 0 atom stereocenters. The molecule has 1 N–H and O–H groups in total. The third-order valence-corrected chi connectivity index (χ3v) is 7.25. The summed E-state index contributed by atoms with van der Waals surface area (Å²) >= 11 is 8.22. The first kappa shape index (κ1) is 17.5. The summed E-state index contributed by atoms with van der Waals surface area (Å²) in [5, 5.41) is 2.65. The van der Waals surface area contributed by atoms with Crippen LogP contribution in [0.1, 0.15) is 5.69 Å². The molecule has 3 rings (SSSR count). The molecule has 0 spiro atoms. The second-order valence-corrected chi connectivity index (χ2v) is 9.42. The molecule has 0 aliphatic rings. The maximum Gasteiger partial charge on any atom is 0.250 e. The predicted molar refractivity (Wildman–Crippen MR) is 95.7 cm³/mol. The van der Waals surface area contributed by atoms with Crippen LogP contribution in [0, 0.1) is 5.82 Å². The molecule has 2 heterocycles. The van der Waals surface area contributed by atoms with Gasteiger partial charge in [-0.2, -0.15) is 0 Å². The zero-order valence-corrected chi connectivity index (χ0v) is 15.4. The van der Waals surface area contributed by atoms with Gasteiger partial charge in [0.2, 0.25) is 10.0 Å². The Hall–Kier alpha value is -1.32. The maximum absolute atomic E-state index is 12.9. The fourth-order valence-electron chi connectivity index (χ4n) is 1.97. The lowest BCUT2D eigenvalue weighted by Gasteiger charge is -2.03. The van der Waals surface area contributed by atoms with E-state index in [0.717, 1.165) is 27.6 Å². The molecule has 126 valence electrons. The quantitative estimate of drug-likeness (QED) is 0.672. The lowest BCUT2D eigenvalue weighted by molar-refractivity contribution is 0.583. The SMILES string of the molecule is O=S(=O)(NCCc1csc(-c2ccc(F)cc2)n1)c1ccc(Cl)s1. The van der Waals surface area contributed by atoms with Gasteiger partial charge in [0.1, 0.15) is 15.0 Å². The Bertz CT molecular complexity index is 936. The molecule has 0 radical (unpaired) electrons. The third-order valence-electron chi connectivity index (χ3n) is 3.13. The molecule has 24 heavy (non-hydrogen) atoms. The molecule has 0 unspecified atom stereocenters. The van der Waals surface area contributed by atoms with Crippen LogP contribution in [-0.2, 0) is 16.4 Å². The predicted octanol–water partition coefficient (Wildman–Crippen LogP) is 4.19. The average Bonchev–Trinajstić information content (AvgIpc) is 3.17. The van der Waals surface area contributed by atoms with Crippen molar-refractivity contribution in [3.8, 4) is 10.6 Å². The lowest BCUT2D eigenvalue weighted by Crippen LogP contribution is -2.25. The molecular weight excluding hydrogens is 391 g/mol. The number of nitrogens with one attached hydrogen (secondary N) is 1. The molecule has 0 aliphatic heterocycles. The smallest absolute Gasteiger partial charge is 0.241 e. The molecule has 2 aromatic heterocycles. The summed E-state index contributed by atoms with van der Waals surface area (Å²) in [4.78, 5) is 4.45. The highest BCUT2D eigenvalue weighted by atomic mass is 35.5. The number of thiophene rings is 1. The number of aromatic nitrogens is 1. The fraction of sp³-hybridized carbons (Fsp3) is 0.133. The molecule has 0 saturated heterocycles. The van der Waals surface area contributed by atoms with Crippen LogP contribution in [0.5, 0.6) is 0 Å². The first-order valence-electron chi connectivity index (χ1n) is 6.89. The van der Waals surface area contributed by atoms with E-state index in [-0.39, 0.29) is 16.6 Å². The second-order valence-electron chi connectivity index (χ2n) is 4.86. The van der Waals surface area contributed by atoms with Gasteiger partial charge in [0.15, 0.2) is 0 Å². The highest BCUT2D eigenvalue weighted by Gasteiger charge is 2.16. The Balaban J connectivity index is 1.61. The van der Waals surface area contributed by atoms with Crippen molar-refractivity contribution in [2.75, 3.05) is 6.54 Å². The van der Waals surface area contributed by atoms with Gasteiger partial charge in [0.25, 0.3) is 0 Å². The molecule has 0 fully saturated rings. The van der Waals surface area contributed by atoms with E-state index in [2.05, 4.69) is 9.71 Å². The minimum Gasteiger partial charge on any atom is -0.241 e. The van der Waals surface area contributed by atoms with Crippen LogP contribution in [0.3, 0.4) is 0 Å². The van der Waals surface area contributed by atoms with Gasteiger partial charge in [0, 0.05) is 23.9 Å². The summed E-state index contributed by atoms with van der Waals surface area (Å²) in [7, 11) is -3.54. The van der Waals surface area contributed by atoms with Crippen molar-refractivity contribution < 1.29 is 12.8 Å². The Morgan fingerprint density at radius 2 is 1.92 bits per heavy atom. The number of thiazole rings is 1. The molecule has 9 heteroatoms. The zero-order chi connectivity index (χ0) is 17.2. The molecular formula is C15H12ClFN2O2S3. The minimum absolute atomic E-state index is 0.192. The van der Waals surface area contributed by atoms with E-state index in [4.69, 9.17) is 11.6 Å². The van der Waals surface area contributed by atoms with Crippen LogP contribution in [0.4, 0.5) is 4.39 Å². The Morgan fingerprint density at radius 3 is 2.58 bits per heavy atom. The summed E-state index contributed by atoms with van der Waals surface area (Å²) in [6, 6.07) is 9.14. The summed E-state index contributed by atoms with van der Waals surface area (Å²) in [6.45, 7) is 0.241. The maximum atomic E-state index is 12.9. The van der Waals surface area contributed by atoms with Gasteiger partial charge in [0.05, 0.1) is 10.0 Å². The Labute approximate surface area is 152 Å². The van der Waals surface area contributed by atoms with E-state index in [1.807, 2.05) is 5.38 Å². The Morgan fingerprint density at radius 1 is 1.17 bits per heavy atom. The number of hydrogen-bond donors (Lipinski definition) is 1. The van der Waals surface area contributed by atoms with E-state index in [1.165, 1.54) is 29.5 Å². The minimum atomic E-state index is -3.54. The molecule has 0 amide bonds. The van der Waals surface area contributed by atoms with Gasteiger partial charge in [-0.05, 0) is 36.4 Å². The molecule has 0 bridgehead atoms. The van der Waals surface area contributed by atoms with E-state index in [9.17, 15) is 12.8 Å². The number of benzene rings is 1. The van der Waals surface area contributed by atoms with Crippen LogP contribution in [-0.4, -0.2) is 19.9 Å². The van der Waals surface area contributed by atoms with Crippen molar-refractivity contribution in [2.24, 2.45) is 0 Å². The van der Waals surface area contributed by atoms with Gasteiger partial charge in [-0.15, -0.1) is 22.7 Å². The lowest BCUT2D eigenvalue weighted by atomic mass is 10.2. The van der Waals surface area contributed by atoms with Gasteiger partial charge >= 0.3 is 0 Å². The average molecular weight is 403 g/mol. The van der Waals surface area contributed by atoms with E-state index < -0.39 is 10.0 Å². The van der Waals surface area contributed by atoms with Gasteiger partial charge in [-0.25, -0.2) is 22.5 Å². The number of halogens is 2. The monoisotopic (exact) mass is 402 g/mol. The number of hydrogen-bond acceptors (Lipinski definition) is 5. The summed E-state index contributed by atoms with van der Waals surface area (Å²) in [5.74, 6) is -0.293. The van der Waals surface area contributed by atoms with Gasteiger partial charge < -0.3 is 0 Å². The van der Waals surface area contributed by atoms with E-state index in [1.54, 1.807) is 18.2 Å².